The fraction of sp³-hybridized carbons (Fsp3) is 0.222. The number of aromatic hydroxyl groups is 1. The van der Waals surface area contributed by atoms with Gasteiger partial charge in [0.1, 0.15) is 11.5 Å². The number of nitrogens with two attached hydrogens (primary N) is 1. The fourth-order valence-corrected chi connectivity index (χ4v) is 3.59. The van der Waals surface area contributed by atoms with E-state index in [-0.39, 0.29) is 5.75 Å². The molecule has 3 aromatic carbocycles. The van der Waals surface area contributed by atoms with Crippen LogP contribution in [0.25, 0.3) is 34.2 Å². The molecule has 6 nitrogen and oxygen atoms in total. The summed E-state index contributed by atoms with van der Waals surface area (Å²) in [5.41, 5.74) is 8.76. The average molecular weight is 441 g/mol. The van der Waals surface area contributed by atoms with Crippen LogP contribution in [0.3, 0.4) is 0 Å². The highest BCUT2D eigenvalue weighted by Gasteiger charge is 2.18. The van der Waals surface area contributed by atoms with Gasteiger partial charge in [0.25, 0.3) is 0 Å². The number of anilines is 1. The van der Waals surface area contributed by atoms with Gasteiger partial charge in [-0.3, -0.25) is 0 Å². The maximum atomic E-state index is 10.8. The quantitative estimate of drug-likeness (QED) is 0.240. The third-order valence-electron chi connectivity index (χ3n) is 5.31. The number of nitrogens with zero attached hydrogens (tertiary/aromatic N) is 3. The minimum absolute atomic E-state index is 0.0252. The van der Waals surface area contributed by atoms with E-state index in [9.17, 15) is 5.11 Å². The van der Waals surface area contributed by atoms with Crippen molar-refractivity contribution < 1.29 is 9.84 Å². The van der Waals surface area contributed by atoms with Crippen LogP contribution in [0.2, 0.25) is 0 Å². The van der Waals surface area contributed by atoms with Crippen LogP contribution >= 0.6 is 0 Å². The van der Waals surface area contributed by atoms with Crippen molar-refractivity contribution in [3.63, 3.8) is 0 Å². The van der Waals surface area contributed by atoms with Gasteiger partial charge in [0, 0.05) is 23.3 Å². The Morgan fingerprint density at radius 1 is 0.758 bits per heavy atom. The molecule has 4 rings (SSSR count). The number of hydrogen-bond donors (Lipinski definition) is 2. The molecule has 0 saturated heterocycles. The summed E-state index contributed by atoms with van der Waals surface area (Å²) < 4.78 is 5.80. The number of phenols is 1. The van der Waals surface area contributed by atoms with Crippen molar-refractivity contribution in [3.05, 3.63) is 72.8 Å². The molecule has 0 radical (unpaired) electrons. The van der Waals surface area contributed by atoms with Crippen LogP contribution in [0.1, 0.15) is 32.6 Å². The number of unbranched alkanes of at least 4 members (excludes halogenated alkanes) is 3. The summed E-state index contributed by atoms with van der Waals surface area (Å²) in [6, 6.07) is 22.6. The summed E-state index contributed by atoms with van der Waals surface area (Å²) in [5.74, 6) is 1.84. The van der Waals surface area contributed by atoms with E-state index in [4.69, 9.17) is 10.5 Å². The smallest absolute Gasteiger partial charge is 0.169 e. The molecule has 0 atom stereocenters. The summed E-state index contributed by atoms with van der Waals surface area (Å²) in [6.45, 7) is 2.76. The van der Waals surface area contributed by atoms with Gasteiger partial charge in [-0.2, -0.15) is 0 Å². The standard InChI is InChI=1S/C27H28N4O2/c1-2-3-4-11-16-33-21-17-22(28)24(23(32)18-21)27-30-25(19-12-7-5-8-13-19)29-26(31-27)20-14-9-6-10-15-20/h5-10,12-15,17-18,32H,2-4,11,16,28H2,1H3. The van der Waals surface area contributed by atoms with Crippen LogP contribution in [0.15, 0.2) is 72.8 Å². The lowest BCUT2D eigenvalue weighted by molar-refractivity contribution is 0.303. The minimum atomic E-state index is -0.0252. The van der Waals surface area contributed by atoms with Crippen LogP contribution in [0.5, 0.6) is 11.5 Å². The zero-order valence-electron chi connectivity index (χ0n) is 18.7. The number of benzene rings is 3. The summed E-state index contributed by atoms with van der Waals surface area (Å²) in [6.07, 6.45) is 4.43. The molecule has 1 heterocycles. The number of ether oxygens (including phenoxy) is 1. The molecular formula is C27H28N4O2. The van der Waals surface area contributed by atoms with Gasteiger partial charge in [0.05, 0.1) is 17.9 Å². The molecule has 33 heavy (non-hydrogen) atoms. The van der Waals surface area contributed by atoms with Crippen molar-refractivity contribution in [1.82, 2.24) is 15.0 Å². The molecule has 1 aromatic heterocycles. The van der Waals surface area contributed by atoms with Gasteiger partial charge in [0.2, 0.25) is 0 Å². The number of aromatic nitrogens is 3. The molecule has 0 aliphatic carbocycles. The Labute approximate surface area is 194 Å². The molecule has 3 N–H and O–H groups in total. The van der Waals surface area contributed by atoms with Gasteiger partial charge in [-0.05, 0) is 6.42 Å². The van der Waals surface area contributed by atoms with Crippen LogP contribution in [-0.4, -0.2) is 26.7 Å². The average Bonchev–Trinajstić information content (AvgIpc) is 2.84. The maximum absolute atomic E-state index is 10.8. The van der Waals surface area contributed by atoms with Crippen LogP contribution in [-0.2, 0) is 0 Å². The Bertz CT molecular complexity index is 1120. The monoisotopic (exact) mass is 440 g/mol. The third kappa shape index (κ3) is 5.47. The van der Waals surface area contributed by atoms with Crippen LogP contribution < -0.4 is 10.5 Å². The second-order valence-corrected chi connectivity index (χ2v) is 7.85. The van der Waals surface area contributed by atoms with E-state index in [1.807, 2.05) is 60.7 Å². The predicted octanol–water partition coefficient (Wildman–Crippen LogP) is 6.12. The summed E-state index contributed by atoms with van der Waals surface area (Å²) in [7, 11) is 0. The first-order valence-corrected chi connectivity index (χ1v) is 11.3. The molecule has 0 aliphatic heterocycles. The second kappa shape index (κ2) is 10.6. The number of nitrogen functional groups attached to an aromatic ring is 1. The highest BCUT2D eigenvalue weighted by Crippen LogP contribution is 2.37. The van der Waals surface area contributed by atoms with Crippen molar-refractivity contribution in [2.75, 3.05) is 12.3 Å². The van der Waals surface area contributed by atoms with Gasteiger partial charge in [-0.15, -0.1) is 0 Å². The Kier molecular flexibility index (Phi) is 7.15. The molecule has 0 saturated carbocycles. The predicted molar refractivity (Wildman–Crippen MR) is 132 cm³/mol. The first-order chi connectivity index (χ1) is 16.2. The van der Waals surface area contributed by atoms with E-state index in [0.717, 1.165) is 24.0 Å². The lowest BCUT2D eigenvalue weighted by Crippen LogP contribution is -2.03. The molecule has 0 bridgehead atoms. The second-order valence-electron chi connectivity index (χ2n) is 7.85. The van der Waals surface area contributed by atoms with E-state index in [0.29, 0.717) is 41.1 Å². The first-order valence-electron chi connectivity index (χ1n) is 11.3. The summed E-state index contributed by atoms with van der Waals surface area (Å²) >= 11 is 0. The largest absolute Gasteiger partial charge is 0.507 e. The summed E-state index contributed by atoms with van der Waals surface area (Å²) in [5, 5.41) is 10.8. The molecule has 0 aliphatic rings. The van der Waals surface area contributed by atoms with Crippen LogP contribution in [0, 0.1) is 0 Å². The molecule has 0 unspecified atom stereocenters. The van der Waals surface area contributed by atoms with Crippen molar-refractivity contribution in [1.29, 1.82) is 0 Å². The zero-order chi connectivity index (χ0) is 23.0. The SMILES string of the molecule is CCCCCCOc1cc(N)c(-c2nc(-c3ccccc3)nc(-c3ccccc3)n2)c(O)c1. The van der Waals surface area contributed by atoms with Crippen molar-refractivity contribution in [2.24, 2.45) is 0 Å². The van der Waals surface area contributed by atoms with Gasteiger partial charge in [-0.25, -0.2) is 15.0 Å². The number of rotatable bonds is 9. The molecule has 6 heteroatoms. The van der Waals surface area contributed by atoms with Gasteiger partial charge < -0.3 is 15.6 Å². The lowest BCUT2D eigenvalue weighted by Gasteiger charge is -2.13. The minimum Gasteiger partial charge on any atom is -0.507 e. The van der Waals surface area contributed by atoms with E-state index in [1.54, 1.807) is 12.1 Å². The Morgan fingerprint density at radius 3 is 1.88 bits per heavy atom. The van der Waals surface area contributed by atoms with Crippen LogP contribution in [0.4, 0.5) is 5.69 Å². The van der Waals surface area contributed by atoms with E-state index < -0.39 is 0 Å². The van der Waals surface area contributed by atoms with E-state index in [2.05, 4.69) is 21.9 Å². The molecule has 0 fully saturated rings. The Hall–Kier alpha value is -3.93. The molecule has 4 aromatic rings. The van der Waals surface area contributed by atoms with E-state index in [1.165, 1.54) is 12.8 Å². The van der Waals surface area contributed by atoms with Crippen molar-refractivity contribution >= 4 is 5.69 Å². The van der Waals surface area contributed by atoms with Crippen molar-refractivity contribution in [2.45, 2.75) is 32.6 Å². The maximum Gasteiger partial charge on any atom is 0.169 e. The fourth-order valence-electron chi connectivity index (χ4n) is 3.59. The van der Waals surface area contributed by atoms with Gasteiger partial charge in [0.15, 0.2) is 17.5 Å². The number of phenolic OH excluding ortho intramolecular Hbond substituents is 1. The van der Waals surface area contributed by atoms with Gasteiger partial charge in [-0.1, -0.05) is 86.8 Å². The highest BCUT2D eigenvalue weighted by atomic mass is 16.5. The summed E-state index contributed by atoms with van der Waals surface area (Å²) in [4.78, 5) is 14.0. The molecular weight excluding hydrogens is 412 g/mol. The van der Waals surface area contributed by atoms with Crippen molar-refractivity contribution in [3.8, 4) is 45.7 Å². The third-order valence-corrected chi connectivity index (χ3v) is 5.31. The molecule has 0 amide bonds. The first kappa shape index (κ1) is 22.3. The van der Waals surface area contributed by atoms with Gasteiger partial charge >= 0.3 is 0 Å². The Morgan fingerprint density at radius 2 is 1.33 bits per heavy atom. The molecule has 0 spiro atoms. The highest BCUT2D eigenvalue weighted by molar-refractivity contribution is 5.80. The zero-order valence-corrected chi connectivity index (χ0v) is 18.7. The topological polar surface area (TPSA) is 94.2 Å². The lowest BCUT2D eigenvalue weighted by atomic mass is 10.1. The van der Waals surface area contributed by atoms with E-state index >= 15 is 0 Å². The molecule has 168 valence electrons. The normalized spacial score (nSPS) is 10.8. The Balaban J connectivity index is 1.72. The number of hydrogen-bond acceptors (Lipinski definition) is 6.